The lowest BCUT2D eigenvalue weighted by molar-refractivity contribution is -0.139. The Kier molecular flexibility index (Phi) is 5.51. The Hall–Kier alpha value is -2.79. The Morgan fingerprint density at radius 2 is 1.89 bits per heavy atom. The number of aliphatic hydroxyl groups excluding tert-OH is 3. The van der Waals surface area contributed by atoms with Gasteiger partial charge in [-0.3, -0.25) is 19.1 Å². The van der Waals surface area contributed by atoms with Crippen molar-refractivity contribution in [2.75, 3.05) is 6.61 Å². The number of carbonyl (C=O) groups is 1. The molecular formula is C17H19N3O7. The highest BCUT2D eigenvalue weighted by Crippen LogP contribution is 2.28. The second-order valence-electron chi connectivity index (χ2n) is 6.10. The molecule has 0 radical (unpaired) electrons. The number of hydrogen-bond acceptors (Lipinski definition) is 7. The number of aromatic amines is 1. The van der Waals surface area contributed by atoms with E-state index in [1.54, 1.807) is 30.3 Å². The number of aromatic nitrogens is 2. The highest BCUT2D eigenvalue weighted by molar-refractivity contribution is 5.82. The molecule has 3 rings (SSSR count). The maximum absolute atomic E-state index is 12.5. The van der Waals surface area contributed by atoms with E-state index in [1.807, 2.05) is 4.98 Å². The molecule has 5 N–H and O–H groups in total. The van der Waals surface area contributed by atoms with Gasteiger partial charge in [0.1, 0.15) is 12.2 Å². The van der Waals surface area contributed by atoms with Crippen molar-refractivity contribution in [2.45, 2.75) is 30.6 Å². The Morgan fingerprint density at radius 3 is 2.52 bits per heavy atom. The van der Waals surface area contributed by atoms with Gasteiger partial charge in [-0.1, -0.05) is 30.3 Å². The molecule has 0 saturated carbocycles. The quantitative estimate of drug-likeness (QED) is 0.404. The van der Waals surface area contributed by atoms with Crippen molar-refractivity contribution in [3.63, 3.8) is 0 Å². The van der Waals surface area contributed by atoms with Crippen molar-refractivity contribution < 1.29 is 24.9 Å². The number of nitrogens with one attached hydrogen (secondary N) is 2. The van der Waals surface area contributed by atoms with Crippen molar-refractivity contribution in [2.24, 2.45) is 0 Å². The van der Waals surface area contributed by atoms with Crippen LogP contribution in [-0.2, 0) is 9.53 Å². The van der Waals surface area contributed by atoms with E-state index < -0.39 is 47.7 Å². The third-order valence-corrected chi connectivity index (χ3v) is 4.32. The van der Waals surface area contributed by atoms with Crippen molar-refractivity contribution in [1.29, 1.82) is 0 Å². The second-order valence-corrected chi connectivity index (χ2v) is 6.10. The first kappa shape index (κ1) is 19.0. The molecule has 0 aliphatic carbocycles. The highest BCUT2D eigenvalue weighted by Gasteiger charge is 2.47. The van der Waals surface area contributed by atoms with Crippen LogP contribution >= 0.6 is 0 Å². The van der Waals surface area contributed by atoms with Gasteiger partial charge in [0.15, 0.2) is 12.3 Å². The fraction of sp³-hybridized carbons (Fsp3) is 0.353. The van der Waals surface area contributed by atoms with Gasteiger partial charge in [-0.05, 0) is 5.56 Å². The molecule has 0 unspecified atom stereocenters. The van der Waals surface area contributed by atoms with Crippen LogP contribution in [0.2, 0.25) is 0 Å². The minimum atomic E-state index is -1.61. The van der Waals surface area contributed by atoms with Crippen LogP contribution in [-0.4, -0.2) is 55.7 Å². The van der Waals surface area contributed by atoms with Crippen molar-refractivity contribution in [3.8, 4) is 0 Å². The smallest absolute Gasteiger partial charge is 0.330 e. The van der Waals surface area contributed by atoms with Crippen LogP contribution in [0, 0.1) is 0 Å². The summed E-state index contributed by atoms with van der Waals surface area (Å²) in [5, 5.41) is 32.4. The predicted molar refractivity (Wildman–Crippen MR) is 91.7 cm³/mol. The number of hydrogen-bond donors (Lipinski definition) is 5. The fourth-order valence-electron chi connectivity index (χ4n) is 2.91. The Bertz CT molecular complexity index is 910. The lowest BCUT2D eigenvalue weighted by Crippen LogP contribution is -2.44. The van der Waals surface area contributed by atoms with E-state index in [4.69, 9.17) is 4.74 Å². The third-order valence-electron chi connectivity index (χ3n) is 4.32. The Balaban J connectivity index is 1.77. The van der Waals surface area contributed by atoms with E-state index in [-0.39, 0.29) is 6.61 Å². The van der Waals surface area contributed by atoms with E-state index in [1.165, 1.54) is 0 Å². The number of carbonyl (C=O) groups excluding carboxylic acids is 1. The zero-order valence-electron chi connectivity index (χ0n) is 14.1. The first-order valence-corrected chi connectivity index (χ1v) is 8.21. The normalized spacial score (nSPS) is 25.9. The lowest BCUT2D eigenvalue weighted by atomic mass is 10.1. The molecule has 1 amide bonds. The van der Waals surface area contributed by atoms with Crippen LogP contribution in [0.15, 0.2) is 52.2 Å². The summed E-state index contributed by atoms with van der Waals surface area (Å²) in [4.78, 5) is 37.5. The maximum Gasteiger partial charge on any atom is 0.330 e. The van der Waals surface area contributed by atoms with Gasteiger partial charge in [0.2, 0.25) is 0 Å². The molecule has 1 aromatic heterocycles. The summed E-state index contributed by atoms with van der Waals surface area (Å²) in [7, 11) is 0. The summed E-state index contributed by atoms with van der Waals surface area (Å²) >= 11 is 0. The van der Waals surface area contributed by atoms with Gasteiger partial charge in [-0.15, -0.1) is 0 Å². The first-order chi connectivity index (χ1) is 12.9. The average Bonchev–Trinajstić information content (AvgIpc) is 2.95. The number of ether oxygens (including phenoxy) is 1. The van der Waals surface area contributed by atoms with E-state index >= 15 is 0 Å². The molecule has 10 nitrogen and oxygen atoms in total. The average molecular weight is 377 g/mol. The van der Waals surface area contributed by atoms with Gasteiger partial charge in [-0.25, -0.2) is 4.79 Å². The van der Waals surface area contributed by atoms with Gasteiger partial charge in [-0.2, -0.15) is 0 Å². The fourth-order valence-corrected chi connectivity index (χ4v) is 2.91. The van der Waals surface area contributed by atoms with Gasteiger partial charge in [0.05, 0.1) is 12.6 Å². The van der Waals surface area contributed by atoms with Crippen LogP contribution in [0.25, 0.3) is 0 Å². The number of nitrogens with zero attached hydrogens (tertiary/aromatic N) is 1. The summed E-state index contributed by atoms with van der Waals surface area (Å²) in [5.74, 6) is -0.760. The maximum atomic E-state index is 12.5. The predicted octanol–water partition coefficient (Wildman–Crippen LogP) is -1.99. The Labute approximate surface area is 152 Å². The van der Waals surface area contributed by atoms with E-state index in [9.17, 15) is 29.7 Å². The van der Waals surface area contributed by atoms with Crippen LogP contribution in [0.3, 0.4) is 0 Å². The molecule has 5 atom stereocenters. The molecule has 0 bridgehead atoms. The first-order valence-electron chi connectivity index (χ1n) is 8.21. The highest BCUT2D eigenvalue weighted by atomic mass is 16.6. The van der Waals surface area contributed by atoms with Gasteiger partial charge in [0.25, 0.3) is 11.5 Å². The van der Waals surface area contributed by atoms with Crippen LogP contribution in [0.1, 0.15) is 17.8 Å². The molecule has 1 fully saturated rings. The summed E-state index contributed by atoms with van der Waals surface area (Å²) < 4.78 is 6.26. The molecule has 1 aromatic carbocycles. The summed E-state index contributed by atoms with van der Waals surface area (Å²) in [6.45, 7) is -0.385. The molecule has 10 heteroatoms. The van der Waals surface area contributed by atoms with Crippen molar-refractivity contribution in [3.05, 3.63) is 69.0 Å². The largest absolute Gasteiger partial charge is 0.394 e. The molecule has 1 saturated heterocycles. The number of amides is 1. The zero-order valence-corrected chi connectivity index (χ0v) is 14.1. The standard InChI is InChI=1S/C17H19N3O7/c21-8-10(9-4-2-1-3-5-9)18-15(25)14-12(23)13(24)16(27-14)20-7-6-11(22)19-17(20)26/h1-7,10,12-14,16,21,23-24H,8H2,(H,18,25)(H,19,22,26)/t10-,12+,13-,14+,16-/m1/s1. The third kappa shape index (κ3) is 3.83. The SMILES string of the molecule is O=C(N[C@H](CO)c1ccccc1)[C@H]1O[C@@H](n2ccc(=O)[nH]c2=O)[C@H](O)[C@@H]1O. The van der Waals surface area contributed by atoms with E-state index in [0.29, 0.717) is 5.56 Å². The van der Waals surface area contributed by atoms with Crippen molar-refractivity contribution in [1.82, 2.24) is 14.9 Å². The molecule has 1 aliphatic heterocycles. The van der Waals surface area contributed by atoms with Crippen LogP contribution in [0.4, 0.5) is 0 Å². The molecule has 144 valence electrons. The molecule has 0 spiro atoms. The monoisotopic (exact) mass is 377 g/mol. The van der Waals surface area contributed by atoms with Crippen molar-refractivity contribution >= 4 is 5.91 Å². The molecule has 1 aliphatic rings. The van der Waals surface area contributed by atoms with Gasteiger partial charge >= 0.3 is 5.69 Å². The lowest BCUT2D eigenvalue weighted by Gasteiger charge is -2.20. The number of aliphatic hydroxyl groups is 3. The van der Waals surface area contributed by atoms with Crippen LogP contribution < -0.4 is 16.6 Å². The van der Waals surface area contributed by atoms with Crippen LogP contribution in [0.5, 0.6) is 0 Å². The minimum absolute atomic E-state index is 0.385. The number of benzene rings is 1. The summed E-state index contributed by atoms with van der Waals surface area (Å²) in [5.41, 5.74) is -0.834. The van der Waals surface area contributed by atoms with E-state index in [2.05, 4.69) is 5.32 Å². The molecule has 27 heavy (non-hydrogen) atoms. The van der Waals surface area contributed by atoms with Gasteiger partial charge in [0, 0.05) is 12.3 Å². The minimum Gasteiger partial charge on any atom is -0.394 e. The molecule has 2 aromatic rings. The topological polar surface area (TPSA) is 154 Å². The number of H-pyrrole nitrogens is 1. The second kappa shape index (κ2) is 7.84. The number of rotatable bonds is 5. The molecular weight excluding hydrogens is 358 g/mol. The zero-order chi connectivity index (χ0) is 19.6. The summed E-state index contributed by atoms with van der Waals surface area (Å²) in [6, 6.07) is 9.01. The Morgan fingerprint density at radius 1 is 1.19 bits per heavy atom. The van der Waals surface area contributed by atoms with E-state index in [0.717, 1.165) is 16.8 Å². The molecule has 2 heterocycles. The van der Waals surface area contributed by atoms with Gasteiger partial charge < -0.3 is 25.4 Å². The summed E-state index contributed by atoms with van der Waals surface area (Å²) in [6.07, 6.45) is -4.91.